The maximum Gasteiger partial charge on any atom is 0.137 e. The Hall–Kier alpha value is -0.840. The van der Waals surface area contributed by atoms with E-state index in [0.717, 1.165) is 34.1 Å². The van der Waals surface area contributed by atoms with Crippen LogP contribution in [0.3, 0.4) is 0 Å². The number of alkyl halides is 1. The van der Waals surface area contributed by atoms with E-state index in [1.165, 1.54) is 11.1 Å². The van der Waals surface area contributed by atoms with E-state index in [1.54, 1.807) is 0 Å². The quantitative estimate of drug-likeness (QED) is 0.656. The third-order valence-electron chi connectivity index (χ3n) is 3.66. The van der Waals surface area contributed by atoms with Gasteiger partial charge in [-0.15, -0.1) is 0 Å². The van der Waals surface area contributed by atoms with Crippen LogP contribution in [0.2, 0.25) is 0 Å². The summed E-state index contributed by atoms with van der Waals surface area (Å²) in [5.41, 5.74) is 3.75. The molecule has 1 heterocycles. The monoisotopic (exact) mass is 410 g/mol. The maximum absolute atomic E-state index is 6.05. The van der Waals surface area contributed by atoms with E-state index >= 15 is 0 Å². The van der Waals surface area contributed by atoms with Gasteiger partial charge in [0.25, 0.3) is 0 Å². The molecule has 0 aromatic heterocycles. The summed E-state index contributed by atoms with van der Waals surface area (Å²) < 4.78 is 12.9. The third-order valence-corrected chi connectivity index (χ3v) is 4.89. The first kappa shape index (κ1) is 15.1. The van der Waals surface area contributed by atoms with Crippen LogP contribution in [0.1, 0.15) is 22.8 Å². The lowest BCUT2D eigenvalue weighted by Gasteiger charge is -2.26. The molecule has 2 aromatic carbocycles. The summed E-state index contributed by atoms with van der Waals surface area (Å²) in [7, 11) is 0. The van der Waals surface area contributed by atoms with Crippen LogP contribution in [0.25, 0.3) is 0 Å². The number of hydrogen-bond donors (Lipinski definition) is 0. The highest BCUT2D eigenvalue weighted by Gasteiger charge is 2.21. The largest absolute Gasteiger partial charge is 0.489 e. The van der Waals surface area contributed by atoms with Crippen LogP contribution in [-0.4, -0.2) is 13.2 Å². The first-order valence-corrected chi connectivity index (χ1v) is 8.86. The van der Waals surface area contributed by atoms with Gasteiger partial charge < -0.3 is 9.47 Å². The maximum atomic E-state index is 6.05. The topological polar surface area (TPSA) is 18.5 Å². The molecule has 1 aliphatic rings. The van der Waals surface area contributed by atoms with Gasteiger partial charge in [-0.2, -0.15) is 0 Å². The number of fused-ring (bicyclic) bond motifs is 1. The molecule has 0 bridgehead atoms. The van der Waals surface area contributed by atoms with Gasteiger partial charge in [-0.3, -0.25) is 0 Å². The molecular weight excluding hydrogens is 396 g/mol. The molecule has 4 heteroatoms. The van der Waals surface area contributed by atoms with Crippen molar-refractivity contribution in [2.75, 3.05) is 13.2 Å². The minimum absolute atomic E-state index is 0.00484. The summed E-state index contributed by atoms with van der Waals surface area (Å²) in [5.74, 6) is 0.890. The highest BCUT2D eigenvalue weighted by atomic mass is 79.9. The lowest BCUT2D eigenvalue weighted by atomic mass is 9.98. The van der Waals surface area contributed by atoms with E-state index in [9.17, 15) is 0 Å². The number of halogens is 2. The Balaban J connectivity index is 1.78. The molecule has 0 saturated carbocycles. The molecule has 1 aliphatic heterocycles. The van der Waals surface area contributed by atoms with Gasteiger partial charge in [0.1, 0.15) is 18.5 Å². The van der Waals surface area contributed by atoms with Gasteiger partial charge in [-0.25, -0.2) is 0 Å². The summed E-state index contributed by atoms with van der Waals surface area (Å²) >= 11 is 7.06. The molecular formula is C17H16Br2O2. The van der Waals surface area contributed by atoms with Crippen LogP contribution in [0.15, 0.2) is 46.9 Å². The van der Waals surface area contributed by atoms with Crippen LogP contribution in [-0.2, 0) is 16.5 Å². The van der Waals surface area contributed by atoms with E-state index in [1.807, 2.05) is 12.1 Å². The fourth-order valence-electron chi connectivity index (χ4n) is 2.59. The van der Waals surface area contributed by atoms with Crippen molar-refractivity contribution in [2.24, 2.45) is 0 Å². The smallest absolute Gasteiger partial charge is 0.137 e. The van der Waals surface area contributed by atoms with Crippen molar-refractivity contribution < 1.29 is 9.47 Å². The standard InChI is InChI=1S/C17H16Br2O2/c18-10-13-5-3-7-15(19)17(13)21-11-16-14-6-2-1-4-12(14)8-9-20-16/h1-7,16H,8-11H2. The van der Waals surface area contributed by atoms with Gasteiger partial charge in [0.15, 0.2) is 0 Å². The van der Waals surface area contributed by atoms with Crippen LogP contribution >= 0.6 is 31.9 Å². The average molecular weight is 412 g/mol. The third kappa shape index (κ3) is 3.33. The predicted octanol–water partition coefficient (Wildman–Crippen LogP) is 5.04. The summed E-state index contributed by atoms with van der Waals surface area (Å²) in [5, 5.41) is 0.768. The molecule has 21 heavy (non-hydrogen) atoms. The molecule has 2 nitrogen and oxygen atoms in total. The second kappa shape index (κ2) is 6.95. The molecule has 0 radical (unpaired) electrons. The van der Waals surface area contributed by atoms with E-state index in [2.05, 4.69) is 62.2 Å². The van der Waals surface area contributed by atoms with Gasteiger partial charge in [0.05, 0.1) is 11.1 Å². The predicted molar refractivity (Wildman–Crippen MR) is 91.1 cm³/mol. The molecule has 1 unspecified atom stereocenters. The average Bonchev–Trinajstić information content (AvgIpc) is 2.53. The molecule has 0 amide bonds. The number of benzene rings is 2. The molecule has 0 fully saturated rings. The van der Waals surface area contributed by atoms with Gasteiger partial charge in [0, 0.05) is 10.9 Å². The number of rotatable bonds is 4. The Morgan fingerprint density at radius 2 is 2.00 bits per heavy atom. The Morgan fingerprint density at radius 1 is 1.14 bits per heavy atom. The second-order valence-corrected chi connectivity index (χ2v) is 6.40. The van der Waals surface area contributed by atoms with Crippen molar-refractivity contribution >= 4 is 31.9 Å². The van der Waals surface area contributed by atoms with Gasteiger partial charge in [0.2, 0.25) is 0 Å². The van der Waals surface area contributed by atoms with Crippen LogP contribution < -0.4 is 4.74 Å². The van der Waals surface area contributed by atoms with Crippen molar-refractivity contribution in [3.05, 3.63) is 63.6 Å². The van der Waals surface area contributed by atoms with E-state index in [-0.39, 0.29) is 6.10 Å². The molecule has 0 saturated heterocycles. The normalized spacial score (nSPS) is 17.3. The van der Waals surface area contributed by atoms with Crippen molar-refractivity contribution in [1.29, 1.82) is 0 Å². The molecule has 0 aliphatic carbocycles. The highest BCUT2D eigenvalue weighted by molar-refractivity contribution is 9.10. The Bertz CT molecular complexity index is 628. The van der Waals surface area contributed by atoms with Crippen molar-refractivity contribution in [3.8, 4) is 5.75 Å². The van der Waals surface area contributed by atoms with Crippen molar-refractivity contribution in [2.45, 2.75) is 17.9 Å². The molecule has 110 valence electrons. The minimum atomic E-state index is 0.00484. The van der Waals surface area contributed by atoms with E-state index in [4.69, 9.17) is 9.47 Å². The van der Waals surface area contributed by atoms with Crippen LogP contribution in [0.4, 0.5) is 0 Å². The second-order valence-electron chi connectivity index (χ2n) is 4.98. The fraction of sp³-hybridized carbons (Fsp3) is 0.294. The van der Waals surface area contributed by atoms with Crippen LogP contribution in [0, 0.1) is 0 Å². The van der Waals surface area contributed by atoms with Crippen molar-refractivity contribution in [1.82, 2.24) is 0 Å². The van der Waals surface area contributed by atoms with Gasteiger partial charge in [-0.1, -0.05) is 52.3 Å². The Morgan fingerprint density at radius 3 is 2.86 bits per heavy atom. The Kier molecular flexibility index (Phi) is 4.99. The highest BCUT2D eigenvalue weighted by Crippen LogP contribution is 2.33. The SMILES string of the molecule is BrCc1cccc(Br)c1OCC1OCCc2ccccc21. The number of hydrogen-bond acceptors (Lipinski definition) is 2. The lowest BCUT2D eigenvalue weighted by Crippen LogP contribution is -2.22. The molecule has 0 spiro atoms. The molecule has 2 aromatic rings. The van der Waals surface area contributed by atoms with Gasteiger partial charge in [-0.05, 0) is 39.5 Å². The molecule has 3 rings (SSSR count). The minimum Gasteiger partial charge on any atom is -0.489 e. The Labute approximate surface area is 141 Å². The summed E-state index contributed by atoms with van der Waals surface area (Å²) in [6.07, 6.45) is 0.985. The molecule has 1 atom stereocenters. The zero-order valence-electron chi connectivity index (χ0n) is 11.5. The zero-order chi connectivity index (χ0) is 14.7. The van der Waals surface area contributed by atoms with E-state index < -0.39 is 0 Å². The number of ether oxygens (including phenoxy) is 2. The van der Waals surface area contributed by atoms with Gasteiger partial charge >= 0.3 is 0 Å². The summed E-state index contributed by atoms with van der Waals surface area (Å²) in [6, 6.07) is 14.5. The summed E-state index contributed by atoms with van der Waals surface area (Å²) in [6.45, 7) is 1.28. The first-order valence-electron chi connectivity index (χ1n) is 6.95. The van der Waals surface area contributed by atoms with E-state index in [0.29, 0.717) is 6.61 Å². The fourth-order valence-corrected chi connectivity index (χ4v) is 3.56. The first-order chi connectivity index (χ1) is 10.3. The molecule has 0 N–H and O–H groups in total. The van der Waals surface area contributed by atoms with Crippen molar-refractivity contribution in [3.63, 3.8) is 0 Å². The lowest BCUT2D eigenvalue weighted by molar-refractivity contribution is 0.00986. The van der Waals surface area contributed by atoms with Crippen LogP contribution in [0.5, 0.6) is 5.75 Å². The number of para-hydroxylation sites is 1. The zero-order valence-corrected chi connectivity index (χ0v) is 14.7. The summed E-state index contributed by atoms with van der Waals surface area (Å²) in [4.78, 5) is 0.